The van der Waals surface area contributed by atoms with Crippen LogP contribution in [0, 0.1) is 11.8 Å². The Balaban J connectivity index is 1.52. The van der Waals surface area contributed by atoms with Gasteiger partial charge < -0.3 is 10.6 Å². The number of piperazine rings is 1. The first kappa shape index (κ1) is 13.8. The van der Waals surface area contributed by atoms with Crippen LogP contribution >= 0.6 is 0 Å². The average Bonchev–Trinajstić information content (AvgIpc) is 2.43. The minimum absolute atomic E-state index is 0.459. The Labute approximate surface area is 118 Å². The van der Waals surface area contributed by atoms with Crippen LogP contribution in [0.25, 0.3) is 0 Å². The fraction of sp³-hybridized carbons (Fsp3) is 1.00. The van der Waals surface area contributed by atoms with Crippen LogP contribution in [0.5, 0.6) is 0 Å². The van der Waals surface area contributed by atoms with Gasteiger partial charge in [0, 0.05) is 38.3 Å². The van der Waals surface area contributed by atoms with Crippen LogP contribution in [-0.4, -0.2) is 54.6 Å². The normalized spacial score (nSPS) is 42.0. The summed E-state index contributed by atoms with van der Waals surface area (Å²) in [6.07, 6.45) is 8.22. The van der Waals surface area contributed by atoms with Crippen LogP contribution in [0.15, 0.2) is 0 Å². The van der Waals surface area contributed by atoms with Crippen molar-refractivity contribution >= 4 is 0 Å². The molecule has 0 aromatic rings. The van der Waals surface area contributed by atoms with Crippen molar-refractivity contribution in [2.24, 2.45) is 17.6 Å². The van der Waals surface area contributed by atoms with E-state index in [9.17, 15) is 0 Å². The molecule has 3 heteroatoms. The van der Waals surface area contributed by atoms with Gasteiger partial charge in [0.1, 0.15) is 0 Å². The predicted molar refractivity (Wildman–Crippen MR) is 80.1 cm³/mol. The molecule has 3 aliphatic rings. The lowest BCUT2D eigenvalue weighted by Crippen LogP contribution is -2.56. The first-order valence-electron chi connectivity index (χ1n) is 8.44. The number of piperidine rings is 1. The van der Waals surface area contributed by atoms with E-state index >= 15 is 0 Å². The van der Waals surface area contributed by atoms with Crippen molar-refractivity contribution in [3.63, 3.8) is 0 Å². The van der Waals surface area contributed by atoms with Crippen LogP contribution in [0.3, 0.4) is 0 Å². The Morgan fingerprint density at radius 2 is 1.95 bits per heavy atom. The zero-order valence-electron chi connectivity index (χ0n) is 12.6. The second-order valence-corrected chi connectivity index (χ2v) is 7.29. The van der Waals surface area contributed by atoms with Crippen LogP contribution in [0.2, 0.25) is 0 Å². The molecular formula is C16H31N3. The third-order valence-electron chi connectivity index (χ3n) is 5.72. The van der Waals surface area contributed by atoms with Crippen molar-refractivity contribution in [1.82, 2.24) is 9.80 Å². The lowest BCUT2D eigenvalue weighted by Gasteiger charge is -2.46. The van der Waals surface area contributed by atoms with Gasteiger partial charge >= 0.3 is 0 Å². The van der Waals surface area contributed by atoms with Gasteiger partial charge in [-0.25, -0.2) is 0 Å². The molecule has 4 atom stereocenters. The number of rotatable bonds is 2. The molecule has 2 N–H and O–H groups in total. The smallest absolute Gasteiger partial charge is 0.0223 e. The van der Waals surface area contributed by atoms with Crippen molar-refractivity contribution in [2.45, 2.75) is 57.5 Å². The Morgan fingerprint density at radius 3 is 2.84 bits per heavy atom. The Hall–Kier alpha value is -0.120. The maximum atomic E-state index is 6.35. The molecule has 1 aliphatic carbocycles. The molecule has 2 heterocycles. The predicted octanol–water partition coefficient (Wildman–Crippen LogP) is 1.92. The standard InChI is InChI=1S/C16H31N3/c1-13-5-6-16(17)14(10-13)11-18-8-9-19-7-3-2-4-15(19)12-18/h13-16H,2-12,17H2,1H3. The molecule has 3 nitrogen and oxygen atoms in total. The van der Waals surface area contributed by atoms with E-state index < -0.39 is 0 Å². The van der Waals surface area contributed by atoms with Gasteiger partial charge in [0.25, 0.3) is 0 Å². The fourth-order valence-electron chi connectivity index (χ4n) is 4.45. The molecule has 0 aromatic heterocycles. The van der Waals surface area contributed by atoms with Crippen molar-refractivity contribution in [3.05, 3.63) is 0 Å². The van der Waals surface area contributed by atoms with Crippen LogP contribution < -0.4 is 5.73 Å². The first-order chi connectivity index (χ1) is 9.22. The maximum absolute atomic E-state index is 6.35. The highest BCUT2D eigenvalue weighted by Gasteiger charge is 2.32. The summed E-state index contributed by atoms with van der Waals surface area (Å²) in [5.41, 5.74) is 6.35. The molecule has 19 heavy (non-hydrogen) atoms. The van der Waals surface area contributed by atoms with E-state index in [1.807, 2.05) is 0 Å². The summed E-state index contributed by atoms with van der Waals surface area (Å²) in [7, 11) is 0. The van der Waals surface area contributed by atoms with Gasteiger partial charge in [0.05, 0.1) is 0 Å². The second kappa shape index (κ2) is 6.11. The minimum atomic E-state index is 0.459. The molecule has 3 fully saturated rings. The molecule has 0 bridgehead atoms. The molecule has 2 aliphatic heterocycles. The summed E-state index contributed by atoms with van der Waals surface area (Å²) < 4.78 is 0. The Morgan fingerprint density at radius 1 is 1.05 bits per heavy atom. The topological polar surface area (TPSA) is 32.5 Å². The molecule has 1 saturated carbocycles. The quantitative estimate of drug-likeness (QED) is 0.828. The van der Waals surface area contributed by atoms with Crippen molar-refractivity contribution in [3.8, 4) is 0 Å². The molecule has 0 spiro atoms. The highest BCUT2D eigenvalue weighted by molar-refractivity contribution is 4.88. The number of hydrogen-bond donors (Lipinski definition) is 1. The molecule has 0 aromatic carbocycles. The van der Waals surface area contributed by atoms with Crippen molar-refractivity contribution in [1.29, 1.82) is 0 Å². The van der Waals surface area contributed by atoms with Gasteiger partial charge in [-0.2, -0.15) is 0 Å². The van der Waals surface area contributed by atoms with E-state index in [-0.39, 0.29) is 0 Å². The average molecular weight is 265 g/mol. The van der Waals surface area contributed by atoms with E-state index in [0.29, 0.717) is 6.04 Å². The van der Waals surface area contributed by atoms with E-state index in [1.165, 1.54) is 71.2 Å². The van der Waals surface area contributed by atoms with Crippen LogP contribution in [0.4, 0.5) is 0 Å². The molecule has 2 saturated heterocycles. The summed E-state index contributed by atoms with van der Waals surface area (Å²) in [6.45, 7) is 8.88. The van der Waals surface area contributed by atoms with Crippen LogP contribution in [0.1, 0.15) is 45.4 Å². The molecule has 0 radical (unpaired) electrons. The summed E-state index contributed by atoms with van der Waals surface area (Å²) in [4.78, 5) is 5.44. The number of nitrogens with zero attached hydrogens (tertiary/aromatic N) is 2. The van der Waals surface area contributed by atoms with E-state index in [1.54, 1.807) is 0 Å². The van der Waals surface area contributed by atoms with E-state index in [4.69, 9.17) is 5.73 Å². The largest absolute Gasteiger partial charge is 0.327 e. The zero-order chi connectivity index (χ0) is 13.2. The van der Waals surface area contributed by atoms with Gasteiger partial charge in [0.2, 0.25) is 0 Å². The highest BCUT2D eigenvalue weighted by atomic mass is 15.3. The summed E-state index contributed by atoms with van der Waals surface area (Å²) >= 11 is 0. The summed E-state index contributed by atoms with van der Waals surface area (Å²) in [5, 5.41) is 0. The van der Waals surface area contributed by atoms with E-state index in [2.05, 4.69) is 16.7 Å². The molecule has 110 valence electrons. The van der Waals surface area contributed by atoms with Gasteiger partial charge in [0.15, 0.2) is 0 Å². The third kappa shape index (κ3) is 3.32. The van der Waals surface area contributed by atoms with Gasteiger partial charge in [-0.1, -0.05) is 13.3 Å². The minimum Gasteiger partial charge on any atom is -0.327 e. The number of hydrogen-bond acceptors (Lipinski definition) is 3. The molecule has 3 rings (SSSR count). The molecule has 0 amide bonds. The van der Waals surface area contributed by atoms with Crippen LogP contribution in [-0.2, 0) is 0 Å². The van der Waals surface area contributed by atoms with Gasteiger partial charge in [-0.15, -0.1) is 0 Å². The lowest BCUT2D eigenvalue weighted by molar-refractivity contribution is 0.0341. The third-order valence-corrected chi connectivity index (χ3v) is 5.72. The highest BCUT2D eigenvalue weighted by Crippen LogP contribution is 2.29. The van der Waals surface area contributed by atoms with Gasteiger partial charge in [-0.3, -0.25) is 4.90 Å². The van der Waals surface area contributed by atoms with Crippen molar-refractivity contribution < 1.29 is 0 Å². The second-order valence-electron chi connectivity index (χ2n) is 7.29. The Kier molecular flexibility index (Phi) is 4.45. The van der Waals surface area contributed by atoms with Crippen molar-refractivity contribution in [2.75, 3.05) is 32.7 Å². The Bertz CT molecular complexity index is 294. The summed E-state index contributed by atoms with van der Waals surface area (Å²) in [5.74, 6) is 1.64. The first-order valence-corrected chi connectivity index (χ1v) is 8.44. The summed E-state index contributed by atoms with van der Waals surface area (Å²) in [6, 6.07) is 1.31. The molecular weight excluding hydrogens is 234 g/mol. The maximum Gasteiger partial charge on any atom is 0.0223 e. The molecule has 4 unspecified atom stereocenters. The SMILES string of the molecule is CC1CCC(N)C(CN2CCN3CCCCC3C2)C1. The monoisotopic (exact) mass is 265 g/mol. The number of fused-ring (bicyclic) bond motifs is 1. The zero-order valence-corrected chi connectivity index (χ0v) is 12.6. The number of nitrogens with two attached hydrogens (primary N) is 1. The lowest BCUT2D eigenvalue weighted by atomic mass is 9.79. The van der Waals surface area contributed by atoms with E-state index in [0.717, 1.165) is 17.9 Å². The fourth-order valence-corrected chi connectivity index (χ4v) is 4.45. The van der Waals surface area contributed by atoms with Gasteiger partial charge in [-0.05, 0) is 50.5 Å².